The summed E-state index contributed by atoms with van der Waals surface area (Å²) in [5, 5.41) is 0. The van der Waals surface area contributed by atoms with Crippen molar-refractivity contribution in [2.24, 2.45) is 0 Å². The Hall–Kier alpha value is -1.96. The van der Waals surface area contributed by atoms with E-state index in [0.717, 1.165) is 0 Å². The normalized spacial score (nSPS) is 14.8. The zero-order chi connectivity index (χ0) is 21.6. The number of alkyl halides is 13. The summed E-state index contributed by atoms with van der Waals surface area (Å²) >= 11 is 0. The van der Waals surface area contributed by atoms with E-state index in [-0.39, 0.29) is 6.26 Å². The highest BCUT2D eigenvalue weighted by molar-refractivity contribution is 5.90. The van der Waals surface area contributed by atoms with E-state index in [4.69, 9.17) is 0 Å². The lowest BCUT2D eigenvalue weighted by molar-refractivity contribution is -0.436. The number of esters is 1. The summed E-state index contributed by atoms with van der Waals surface area (Å²) in [6, 6.07) is 0. The van der Waals surface area contributed by atoms with Gasteiger partial charge < -0.3 is 4.74 Å². The van der Waals surface area contributed by atoms with Gasteiger partial charge in [0.05, 0.1) is 6.26 Å². The zero-order valence-electron chi connectivity index (χ0n) is 11.7. The molecular formula is C11H5F13O2. The number of hydrogen-bond acceptors (Lipinski definition) is 2. The predicted octanol–water partition coefficient (Wildman–Crippen LogP) is 4.97. The van der Waals surface area contributed by atoms with Crippen LogP contribution >= 0.6 is 0 Å². The molecule has 0 amide bonds. The molecule has 0 saturated heterocycles. The van der Waals surface area contributed by atoms with Gasteiger partial charge in [-0.2, -0.15) is 57.1 Å². The quantitative estimate of drug-likeness (QED) is 0.254. The van der Waals surface area contributed by atoms with Gasteiger partial charge in [-0.3, -0.25) is 0 Å². The third-order valence-electron chi connectivity index (χ3n) is 2.75. The molecule has 0 rings (SSSR count). The molecule has 0 bridgehead atoms. The van der Waals surface area contributed by atoms with Gasteiger partial charge in [0, 0.05) is 0 Å². The molecule has 0 atom stereocenters. The number of rotatable bonds is 7. The average molecular weight is 416 g/mol. The first-order valence-corrected chi connectivity index (χ1v) is 5.61. The zero-order valence-corrected chi connectivity index (χ0v) is 11.7. The molecule has 0 radical (unpaired) electrons. The van der Waals surface area contributed by atoms with Crippen molar-refractivity contribution in [1.29, 1.82) is 0 Å². The number of ether oxygens (including phenoxy) is 1. The molecule has 152 valence electrons. The monoisotopic (exact) mass is 416 g/mol. The van der Waals surface area contributed by atoms with E-state index in [2.05, 4.69) is 11.3 Å². The van der Waals surface area contributed by atoms with Gasteiger partial charge in [0.15, 0.2) is 0 Å². The van der Waals surface area contributed by atoms with E-state index in [0.29, 0.717) is 0 Å². The highest BCUT2D eigenvalue weighted by Crippen LogP contribution is 2.61. The number of halogens is 13. The van der Waals surface area contributed by atoms with Gasteiger partial charge in [0.2, 0.25) is 0 Å². The topological polar surface area (TPSA) is 26.3 Å². The van der Waals surface area contributed by atoms with Crippen molar-refractivity contribution >= 4 is 5.97 Å². The minimum atomic E-state index is -8.05. The van der Waals surface area contributed by atoms with Gasteiger partial charge >= 0.3 is 41.8 Å². The second kappa shape index (κ2) is 6.33. The molecule has 0 unspecified atom stereocenters. The standard InChI is InChI=1S/C11H5F13O2/c1-3-26-5(25)4(2)6(12,13)7(14,15)8(16,17)9(18,19)10(20,21)11(22,23)24/h3H,1-2H2. The second-order valence-electron chi connectivity index (χ2n) is 4.42. The van der Waals surface area contributed by atoms with Crippen molar-refractivity contribution in [3.8, 4) is 0 Å². The Balaban J connectivity index is 6.37. The molecular weight excluding hydrogens is 411 g/mol. The summed E-state index contributed by atoms with van der Waals surface area (Å²) in [7, 11) is 0. The SMILES string of the molecule is C=COC(=O)C(=C)C(F)(F)C(F)(F)C(F)(F)C(F)(F)C(F)(F)C(F)(F)F. The third kappa shape index (κ3) is 3.11. The summed E-state index contributed by atoms with van der Waals surface area (Å²) in [5.41, 5.74) is -2.94. The molecule has 0 aliphatic heterocycles. The Morgan fingerprint density at radius 3 is 1.35 bits per heavy atom. The van der Waals surface area contributed by atoms with Gasteiger partial charge in [-0.15, -0.1) is 0 Å². The van der Waals surface area contributed by atoms with Crippen LogP contribution in [0.4, 0.5) is 57.1 Å². The fourth-order valence-corrected chi connectivity index (χ4v) is 1.23. The fourth-order valence-electron chi connectivity index (χ4n) is 1.23. The third-order valence-corrected chi connectivity index (χ3v) is 2.75. The van der Waals surface area contributed by atoms with Crippen molar-refractivity contribution in [2.75, 3.05) is 0 Å². The van der Waals surface area contributed by atoms with E-state index in [1.165, 1.54) is 0 Å². The number of carbonyl (C=O) groups is 1. The summed E-state index contributed by atoms with van der Waals surface area (Å²) in [4.78, 5) is 10.8. The number of hydrogen-bond donors (Lipinski definition) is 0. The number of carbonyl (C=O) groups excluding carboxylic acids is 1. The van der Waals surface area contributed by atoms with Crippen molar-refractivity contribution in [1.82, 2.24) is 0 Å². The van der Waals surface area contributed by atoms with Crippen LogP contribution in [-0.4, -0.2) is 41.8 Å². The molecule has 0 heterocycles. The maximum atomic E-state index is 13.4. The second-order valence-corrected chi connectivity index (χ2v) is 4.42. The van der Waals surface area contributed by atoms with Crippen LogP contribution in [0.3, 0.4) is 0 Å². The van der Waals surface area contributed by atoms with Gasteiger partial charge in [0.1, 0.15) is 5.57 Å². The van der Waals surface area contributed by atoms with Crippen LogP contribution in [0, 0.1) is 0 Å². The lowest BCUT2D eigenvalue weighted by Gasteiger charge is -2.39. The van der Waals surface area contributed by atoms with E-state index < -0.39 is 47.3 Å². The highest BCUT2D eigenvalue weighted by Gasteiger charge is 2.91. The summed E-state index contributed by atoms with van der Waals surface area (Å²) in [6.45, 7) is 4.44. The average Bonchev–Trinajstić information content (AvgIpc) is 2.44. The summed E-state index contributed by atoms with van der Waals surface area (Å²) < 4.78 is 169. The smallest absolute Gasteiger partial charge is 0.432 e. The molecule has 0 aromatic rings. The van der Waals surface area contributed by atoms with Crippen LogP contribution < -0.4 is 0 Å². The van der Waals surface area contributed by atoms with Crippen molar-refractivity contribution in [3.63, 3.8) is 0 Å². The Morgan fingerprint density at radius 2 is 1.04 bits per heavy atom. The minimum Gasteiger partial charge on any atom is -0.432 e. The van der Waals surface area contributed by atoms with E-state index in [1.807, 2.05) is 6.58 Å². The molecule has 2 nitrogen and oxygen atoms in total. The minimum absolute atomic E-state index is 0.00765. The van der Waals surface area contributed by atoms with Crippen molar-refractivity contribution < 1.29 is 66.6 Å². The molecule has 0 fully saturated rings. The van der Waals surface area contributed by atoms with Crippen LogP contribution in [0.1, 0.15) is 0 Å². The van der Waals surface area contributed by atoms with Crippen LogP contribution in [0.15, 0.2) is 25.0 Å². The Labute approximate surface area is 134 Å². The van der Waals surface area contributed by atoms with Crippen LogP contribution in [0.2, 0.25) is 0 Å². The molecule has 0 aromatic carbocycles. The molecule has 26 heavy (non-hydrogen) atoms. The van der Waals surface area contributed by atoms with Gasteiger partial charge in [0.25, 0.3) is 0 Å². The maximum Gasteiger partial charge on any atom is 0.460 e. The summed E-state index contributed by atoms with van der Waals surface area (Å²) in [5.74, 6) is -40.9. The van der Waals surface area contributed by atoms with Gasteiger partial charge in [-0.25, -0.2) is 4.79 Å². The lowest BCUT2D eigenvalue weighted by atomic mass is 9.91. The van der Waals surface area contributed by atoms with Gasteiger partial charge in [-0.05, 0) is 0 Å². The van der Waals surface area contributed by atoms with Crippen LogP contribution in [0.5, 0.6) is 0 Å². The van der Waals surface area contributed by atoms with Gasteiger partial charge in [-0.1, -0.05) is 13.2 Å². The first kappa shape index (κ1) is 24.0. The molecule has 0 aliphatic rings. The Kier molecular flexibility index (Phi) is 5.86. The lowest BCUT2D eigenvalue weighted by Crippen LogP contribution is -2.70. The van der Waals surface area contributed by atoms with Crippen LogP contribution in [-0.2, 0) is 9.53 Å². The first-order chi connectivity index (χ1) is 11.1. The molecule has 0 aromatic heterocycles. The van der Waals surface area contributed by atoms with Crippen molar-refractivity contribution in [3.05, 3.63) is 25.0 Å². The maximum absolute atomic E-state index is 13.4. The Bertz CT molecular complexity index is 587. The first-order valence-electron chi connectivity index (χ1n) is 5.61. The molecule has 0 aliphatic carbocycles. The Morgan fingerprint density at radius 1 is 0.692 bits per heavy atom. The van der Waals surface area contributed by atoms with E-state index in [1.54, 1.807) is 0 Å². The van der Waals surface area contributed by atoms with E-state index >= 15 is 0 Å². The molecule has 0 spiro atoms. The molecule has 0 N–H and O–H groups in total. The van der Waals surface area contributed by atoms with E-state index in [9.17, 15) is 61.9 Å². The highest BCUT2D eigenvalue weighted by atomic mass is 19.4. The largest absolute Gasteiger partial charge is 0.460 e. The molecule has 15 heteroatoms. The molecule has 0 saturated carbocycles. The predicted molar refractivity (Wildman–Crippen MR) is 56.2 cm³/mol. The van der Waals surface area contributed by atoms with Crippen molar-refractivity contribution in [2.45, 2.75) is 35.8 Å². The summed E-state index contributed by atoms with van der Waals surface area (Å²) in [6.07, 6.45) is -7.52. The van der Waals surface area contributed by atoms with Crippen LogP contribution in [0.25, 0.3) is 0 Å². The fraction of sp³-hybridized carbons (Fsp3) is 0.545.